The second kappa shape index (κ2) is 9.70. The maximum atomic E-state index is 12.5. The fourth-order valence-electron chi connectivity index (χ4n) is 3.84. The topological polar surface area (TPSA) is 108 Å². The summed E-state index contributed by atoms with van der Waals surface area (Å²) in [6.07, 6.45) is 0. The summed E-state index contributed by atoms with van der Waals surface area (Å²) in [6.45, 7) is 7.36. The Morgan fingerprint density at radius 2 is 1.50 bits per heavy atom. The number of hydrogen-bond acceptors (Lipinski definition) is 7. The zero-order valence-corrected chi connectivity index (χ0v) is 19.3. The van der Waals surface area contributed by atoms with Crippen LogP contribution in [0.3, 0.4) is 0 Å². The number of hydrogen-bond donors (Lipinski definition) is 2. The third kappa shape index (κ3) is 4.73. The van der Waals surface area contributed by atoms with Crippen molar-refractivity contribution in [1.29, 1.82) is 0 Å². The zero-order valence-electron chi connectivity index (χ0n) is 19.3. The number of rotatable bonds is 8. The summed E-state index contributed by atoms with van der Waals surface area (Å²) in [6, 6.07) is 15.6. The molecule has 1 aromatic heterocycles. The van der Waals surface area contributed by atoms with Gasteiger partial charge in [0.15, 0.2) is 0 Å². The van der Waals surface area contributed by atoms with Crippen LogP contribution in [0.4, 0.5) is 23.0 Å². The van der Waals surface area contributed by atoms with Gasteiger partial charge in [0, 0.05) is 30.5 Å². The largest absolute Gasteiger partial charge is 0.357 e. The second-order valence-corrected chi connectivity index (χ2v) is 7.82. The van der Waals surface area contributed by atoms with Gasteiger partial charge in [0.25, 0.3) is 11.8 Å². The molecule has 0 saturated heterocycles. The van der Waals surface area contributed by atoms with Crippen LogP contribution in [0, 0.1) is 6.92 Å². The minimum absolute atomic E-state index is 0.319. The van der Waals surface area contributed by atoms with Crippen LogP contribution in [0.1, 0.15) is 40.4 Å². The quantitative estimate of drug-likeness (QED) is 0.497. The van der Waals surface area contributed by atoms with E-state index in [1.165, 1.54) is 0 Å². The highest BCUT2D eigenvalue weighted by atomic mass is 16.2. The van der Waals surface area contributed by atoms with Gasteiger partial charge in [-0.1, -0.05) is 12.1 Å². The van der Waals surface area contributed by atoms with Gasteiger partial charge >= 0.3 is 0 Å². The van der Waals surface area contributed by atoms with Crippen molar-refractivity contribution in [3.8, 4) is 0 Å². The molecule has 9 heteroatoms. The second-order valence-electron chi connectivity index (χ2n) is 7.82. The third-order valence-corrected chi connectivity index (χ3v) is 5.53. The summed E-state index contributed by atoms with van der Waals surface area (Å²) < 4.78 is 0. The molecule has 1 aliphatic rings. The highest BCUT2D eigenvalue weighted by Gasteiger charge is 2.36. The molecule has 3 amide bonds. The molecule has 174 valence electrons. The normalized spacial score (nSPS) is 12.5. The van der Waals surface area contributed by atoms with E-state index in [0.29, 0.717) is 28.5 Å². The Balaban J connectivity index is 1.39. The standard InChI is InChI=1S/C25H26N6O3/c1-4-30(5-2)22-14-21(26-16(3)27-22)28-17-10-12-18(13-11-17)29-23(32)15-31-24(33)19-8-6-7-9-20(19)25(31)34/h6-14H,4-5,15H2,1-3H3,(H,29,32)(H,26,27,28). The number of fused-ring (bicyclic) bond motifs is 1. The molecule has 0 radical (unpaired) electrons. The Bertz CT molecular complexity index is 1200. The van der Waals surface area contributed by atoms with Crippen LogP contribution in [0.2, 0.25) is 0 Å². The van der Waals surface area contributed by atoms with Gasteiger partial charge in [-0.15, -0.1) is 0 Å². The van der Waals surface area contributed by atoms with Crippen LogP contribution >= 0.6 is 0 Å². The van der Waals surface area contributed by atoms with E-state index < -0.39 is 17.7 Å². The SMILES string of the molecule is CCN(CC)c1cc(Nc2ccc(NC(=O)CN3C(=O)c4ccccc4C3=O)cc2)nc(C)n1. The van der Waals surface area contributed by atoms with Crippen LogP contribution in [-0.4, -0.2) is 52.2 Å². The fraction of sp³-hybridized carbons (Fsp3) is 0.240. The maximum Gasteiger partial charge on any atom is 0.262 e. The smallest absolute Gasteiger partial charge is 0.262 e. The monoisotopic (exact) mass is 458 g/mol. The molecule has 0 aliphatic carbocycles. The molecule has 2 aromatic carbocycles. The first-order valence-corrected chi connectivity index (χ1v) is 11.1. The van der Waals surface area contributed by atoms with Gasteiger partial charge in [-0.3, -0.25) is 19.3 Å². The lowest BCUT2D eigenvalue weighted by Gasteiger charge is -2.20. The third-order valence-electron chi connectivity index (χ3n) is 5.53. The summed E-state index contributed by atoms with van der Waals surface area (Å²) in [5.41, 5.74) is 1.98. The number of benzene rings is 2. The van der Waals surface area contributed by atoms with Gasteiger partial charge in [0.2, 0.25) is 5.91 Å². The average Bonchev–Trinajstić information content (AvgIpc) is 3.06. The Labute approximate surface area is 197 Å². The predicted octanol–water partition coefficient (Wildman–Crippen LogP) is 3.61. The average molecular weight is 459 g/mol. The minimum atomic E-state index is -0.459. The molecule has 0 bridgehead atoms. The molecule has 9 nitrogen and oxygen atoms in total. The van der Waals surface area contributed by atoms with Crippen molar-refractivity contribution in [3.63, 3.8) is 0 Å². The van der Waals surface area contributed by atoms with Crippen molar-refractivity contribution in [1.82, 2.24) is 14.9 Å². The van der Waals surface area contributed by atoms with Crippen LogP contribution in [-0.2, 0) is 4.79 Å². The summed E-state index contributed by atoms with van der Waals surface area (Å²) in [5.74, 6) is 0.836. The lowest BCUT2D eigenvalue weighted by Crippen LogP contribution is -2.37. The van der Waals surface area contributed by atoms with Crippen molar-refractivity contribution >= 4 is 40.7 Å². The van der Waals surface area contributed by atoms with E-state index in [2.05, 4.69) is 39.3 Å². The van der Waals surface area contributed by atoms with Crippen molar-refractivity contribution in [2.45, 2.75) is 20.8 Å². The van der Waals surface area contributed by atoms with Gasteiger partial charge in [-0.25, -0.2) is 9.97 Å². The van der Waals surface area contributed by atoms with Crippen LogP contribution in [0.5, 0.6) is 0 Å². The molecule has 0 unspecified atom stereocenters. The summed E-state index contributed by atoms with van der Waals surface area (Å²) in [5, 5.41) is 5.99. The molecule has 0 spiro atoms. The number of aryl methyl sites for hydroxylation is 1. The molecule has 0 atom stereocenters. The minimum Gasteiger partial charge on any atom is -0.357 e. The van der Waals surface area contributed by atoms with Crippen LogP contribution in [0.15, 0.2) is 54.6 Å². The van der Waals surface area contributed by atoms with Gasteiger partial charge < -0.3 is 15.5 Å². The molecule has 4 rings (SSSR count). The summed E-state index contributed by atoms with van der Waals surface area (Å²) in [4.78, 5) is 49.4. The first-order valence-electron chi connectivity index (χ1n) is 11.1. The Morgan fingerprint density at radius 3 is 2.09 bits per heavy atom. The first-order chi connectivity index (χ1) is 16.4. The Hall–Kier alpha value is -4.27. The highest BCUT2D eigenvalue weighted by Crippen LogP contribution is 2.23. The van der Waals surface area contributed by atoms with E-state index in [1.54, 1.807) is 36.4 Å². The van der Waals surface area contributed by atoms with Gasteiger partial charge in [-0.2, -0.15) is 0 Å². The van der Waals surface area contributed by atoms with Crippen molar-refractivity contribution in [2.24, 2.45) is 0 Å². The molecule has 3 aromatic rings. The van der Waals surface area contributed by atoms with E-state index in [9.17, 15) is 14.4 Å². The molecule has 34 heavy (non-hydrogen) atoms. The Morgan fingerprint density at radius 1 is 0.912 bits per heavy atom. The van der Waals surface area contributed by atoms with E-state index >= 15 is 0 Å². The number of nitrogens with zero attached hydrogens (tertiary/aromatic N) is 4. The van der Waals surface area contributed by atoms with Gasteiger partial charge in [-0.05, 0) is 57.2 Å². The number of amides is 3. The van der Waals surface area contributed by atoms with Crippen molar-refractivity contribution in [3.05, 3.63) is 71.5 Å². The van der Waals surface area contributed by atoms with E-state index in [1.807, 2.05) is 25.1 Å². The molecule has 0 fully saturated rings. The lowest BCUT2D eigenvalue weighted by atomic mass is 10.1. The molecular weight excluding hydrogens is 432 g/mol. The van der Waals surface area contributed by atoms with Crippen LogP contribution < -0.4 is 15.5 Å². The van der Waals surface area contributed by atoms with Crippen molar-refractivity contribution in [2.75, 3.05) is 35.2 Å². The van der Waals surface area contributed by atoms with Gasteiger partial charge in [0.05, 0.1) is 11.1 Å². The summed E-state index contributed by atoms with van der Waals surface area (Å²) >= 11 is 0. The number of carbonyl (C=O) groups excluding carboxylic acids is 3. The number of anilines is 4. The number of aromatic nitrogens is 2. The molecule has 1 aliphatic heterocycles. The summed E-state index contributed by atoms with van der Waals surface area (Å²) in [7, 11) is 0. The zero-order chi connectivity index (χ0) is 24.2. The Kier molecular flexibility index (Phi) is 6.53. The first kappa shape index (κ1) is 22.9. The highest BCUT2D eigenvalue weighted by molar-refractivity contribution is 6.22. The number of nitrogens with one attached hydrogen (secondary N) is 2. The number of imide groups is 1. The van der Waals surface area contributed by atoms with E-state index in [4.69, 9.17) is 0 Å². The van der Waals surface area contributed by atoms with Crippen molar-refractivity contribution < 1.29 is 14.4 Å². The predicted molar refractivity (Wildman–Crippen MR) is 130 cm³/mol. The fourth-order valence-corrected chi connectivity index (χ4v) is 3.84. The lowest BCUT2D eigenvalue weighted by molar-refractivity contribution is -0.116. The molecule has 0 saturated carbocycles. The van der Waals surface area contributed by atoms with Gasteiger partial charge in [0.1, 0.15) is 24.0 Å². The maximum absolute atomic E-state index is 12.5. The number of carbonyl (C=O) groups is 3. The molecular formula is C25H26N6O3. The molecule has 2 heterocycles. The van der Waals surface area contributed by atoms with E-state index in [0.717, 1.165) is 29.5 Å². The van der Waals surface area contributed by atoms with Crippen LogP contribution in [0.25, 0.3) is 0 Å². The van der Waals surface area contributed by atoms with E-state index in [-0.39, 0.29) is 6.54 Å². The molecule has 2 N–H and O–H groups in total.